The topological polar surface area (TPSA) is 254 Å². The van der Waals surface area contributed by atoms with Crippen LogP contribution >= 0.6 is 23.2 Å². The molecule has 1 aliphatic carbocycles. The van der Waals surface area contributed by atoms with Gasteiger partial charge in [-0.2, -0.15) is 9.97 Å². The van der Waals surface area contributed by atoms with Crippen molar-refractivity contribution < 1.29 is 31.1 Å². The number of urea groups is 1. The molecular formula is C51H63Cl2N11O7S2. The zero-order valence-corrected chi connectivity index (χ0v) is 44.8. The van der Waals surface area contributed by atoms with E-state index in [9.17, 15) is 21.6 Å². The summed E-state index contributed by atoms with van der Waals surface area (Å²) in [6.45, 7) is 7.55. The first-order valence-corrected chi connectivity index (χ1v) is 27.7. The third kappa shape index (κ3) is 15.1. The summed E-state index contributed by atoms with van der Waals surface area (Å²) in [5.74, 6) is 2.22. The molecule has 0 aliphatic heterocycles. The number of halogens is 2. The normalized spacial score (nSPS) is 12.9. The van der Waals surface area contributed by atoms with Gasteiger partial charge in [0.05, 0.1) is 69.7 Å². The number of amides is 2. The second-order valence-corrected chi connectivity index (χ2v) is 23.3. The Balaban J connectivity index is 0.000000246. The molecule has 0 radical (unpaired) electrons. The quantitative estimate of drug-likeness (QED) is 0.0375. The molecule has 73 heavy (non-hydrogen) atoms. The maximum absolute atomic E-state index is 12.9. The smallest absolute Gasteiger partial charge is 0.315 e. The third-order valence-corrected chi connectivity index (χ3v) is 16.7. The number of methoxy groups -OCH3 is 2. The van der Waals surface area contributed by atoms with Crippen LogP contribution in [0.5, 0.6) is 11.5 Å². The van der Waals surface area contributed by atoms with Crippen LogP contribution in [0.25, 0.3) is 0 Å². The van der Waals surface area contributed by atoms with Gasteiger partial charge in [0, 0.05) is 12.6 Å². The first-order valence-electron chi connectivity index (χ1n) is 23.8. The van der Waals surface area contributed by atoms with Gasteiger partial charge in [0.2, 0.25) is 11.9 Å². The van der Waals surface area contributed by atoms with Gasteiger partial charge >= 0.3 is 6.03 Å². The second-order valence-electron chi connectivity index (χ2n) is 17.6. The first-order chi connectivity index (χ1) is 34.9. The monoisotopic (exact) mass is 1080 g/mol. The Kier molecular flexibility index (Phi) is 19.9. The average Bonchev–Trinajstić information content (AvgIpc) is 3.37. The summed E-state index contributed by atoms with van der Waals surface area (Å²) in [6, 6.07) is 24.8. The van der Waals surface area contributed by atoms with Gasteiger partial charge in [0.25, 0.3) is 0 Å². The first kappa shape index (κ1) is 55.9. The van der Waals surface area contributed by atoms with Crippen molar-refractivity contribution in [3.63, 3.8) is 0 Å². The summed E-state index contributed by atoms with van der Waals surface area (Å²) in [5.41, 5.74) is 9.74. The largest absolute Gasteiger partial charge is 0.495 e. The fourth-order valence-corrected chi connectivity index (χ4v) is 10.3. The summed E-state index contributed by atoms with van der Waals surface area (Å²) < 4.78 is 62.2. The summed E-state index contributed by atoms with van der Waals surface area (Å²) in [7, 11) is -3.91. The summed E-state index contributed by atoms with van der Waals surface area (Å²) >= 11 is 12.7. The lowest BCUT2D eigenvalue weighted by atomic mass is 9.96. The standard InChI is InChI=1S/C29H37ClN6O4S.C22H26ClN5O3S/c1-19(2)41(38,39)26-12-8-7-11-23(26)34-27-22(30)18-32-28(36-27)35-24-17-20(13-14-25(24)40-3)15-16-31-29(37)33-21-9-5-4-6-10-21;1-14(2)32(29,30)20-7-5-4-6-17(20)26-21-16(23)13-25-22(28-21)27-18-12-15(10-11-24)8-9-19(18)31-3/h7-8,11-14,17-19,21H,4-6,9-10,15-16H2,1-3H3,(H2,31,33,37)(H2,32,34,35,36);4-9,12-14H,10-11,24H2,1-3H3,(H2,25,26,27,28). The highest BCUT2D eigenvalue weighted by molar-refractivity contribution is 7.92. The van der Waals surface area contributed by atoms with E-state index in [1.54, 1.807) is 90.4 Å². The predicted molar refractivity (Wildman–Crippen MR) is 291 cm³/mol. The molecule has 0 bridgehead atoms. The number of carbonyl (C=O) groups excluding carboxylic acids is 1. The molecule has 2 aromatic heterocycles. The number of para-hydroxylation sites is 2. The van der Waals surface area contributed by atoms with E-state index in [-0.39, 0.29) is 55.4 Å². The van der Waals surface area contributed by atoms with E-state index in [0.717, 1.165) is 36.8 Å². The molecule has 1 saturated carbocycles. The SMILES string of the molecule is COc1ccc(CCN)cc1Nc1ncc(Cl)c(Nc2ccccc2S(=O)(=O)C(C)C)n1.COc1ccc(CCNC(=O)NC2CCCCC2)cc1Nc1ncc(Cl)c(Nc2ccccc2S(=O)(=O)C(C)C)n1. The number of nitrogens with zero attached hydrogens (tertiary/aromatic N) is 4. The fraction of sp³-hybridized carbons (Fsp3) is 0.353. The van der Waals surface area contributed by atoms with Crippen molar-refractivity contribution in [3.05, 3.63) is 118 Å². The van der Waals surface area contributed by atoms with E-state index in [1.807, 2.05) is 36.4 Å². The molecule has 22 heteroatoms. The molecule has 1 aliphatic rings. The molecule has 18 nitrogen and oxygen atoms in total. The lowest BCUT2D eigenvalue weighted by molar-refractivity contribution is 0.233. The van der Waals surface area contributed by atoms with E-state index in [2.05, 4.69) is 51.8 Å². The molecule has 2 heterocycles. The maximum atomic E-state index is 12.9. The molecule has 0 spiro atoms. The summed E-state index contributed by atoms with van der Waals surface area (Å²) in [5, 5.41) is 17.7. The van der Waals surface area contributed by atoms with Crippen LogP contribution < -0.4 is 47.1 Å². The van der Waals surface area contributed by atoms with Crippen LogP contribution in [0.3, 0.4) is 0 Å². The predicted octanol–water partition coefficient (Wildman–Crippen LogP) is 10.3. The van der Waals surface area contributed by atoms with Crippen LogP contribution in [-0.4, -0.2) is 86.7 Å². The van der Waals surface area contributed by atoms with E-state index in [0.29, 0.717) is 60.2 Å². The van der Waals surface area contributed by atoms with Gasteiger partial charge in [-0.1, -0.05) is 78.9 Å². The van der Waals surface area contributed by atoms with Gasteiger partial charge in [0.15, 0.2) is 31.3 Å². The third-order valence-electron chi connectivity index (χ3n) is 11.7. The zero-order chi connectivity index (χ0) is 52.7. The van der Waals surface area contributed by atoms with Gasteiger partial charge in [-0.05, 0) is 120 Å². The van der Waals surface area contributed by atoms with Crippen molar-refractivity contribution in [3.8, 4) is 11.5 Å². The number of rotatable bonds is 20. The Labute approximate surface area is 437 Å². The van der Waals surface area contributed by atoms with Crippen molar-refractivity contribution in [1.29, 1.82) is 0 Å². The minimum Gasteiger partial charge on any atom is -0.495 e. The molecule has 0 saturated heterocycles. The Hall–Kier alpha value is -6.45. The molecular weight excluding hydrogens is 1010 g/mol. The van der Waals surface area contributed by atoms with Crippen LogP contribution in [0.4, 0.5) is 51.1 Å². The number of aromatic nitrogens is 4. The lowest BCUT2D eigenvalue weighted by Crippen LogP contribution is -2.43. The van der Waals surface area contributed by atoms with Crippen LogP contribution in [0.15, 0.2) is 107 Å². The number of hydrogen-bond acceptors (Lipinski definition) is 16. The molecule has 1 fully saturated rings. The summed E-state index contributed by atoms with van der Waals surface area (Å²) in [4.78, 5) is 30.1. The van der Waals surface area contributed by atoms with Crippen molar-refractivity contribution >= 4 is 95.2 Å². The Morgan fingerprint density at radius 3 is 1.53 bits per heavy atom. The number of benzene rings is 4. The Bertz CT molecular complexity index is 3070. The highest BCUT2D eigenvalue weighted by atomic mass is 35.5. The molecule has 0 unspecified atom stereocenters. The Morgan fingerprint density at radius 2 is 1.10 bits per heavy atom. The molecule has 7 rings (SSSR count). The molecule has 6 aromatic rings. The number of hydrogen-bond donors (Lipinski definition) is 7. The minimum absolute atomic E-state index is 0.138. The van der Waals surface area contributed by atoms with Crippen molar-refractivity contribution in [2.45, 2.75) is 99.0 Å². The van der Waals surface area contributed by atoms with Crippen molar-refractivity contribution in [2.24, 2.45) is 5.73 Å². The molecule has 0 atom stereocenters. The number of carbonyl (C=O) groups is 1. The van der Waals surface area contributed by atoms with Gasteiger partial charge < -0.3 is 47.1 Å². The van der Waals surface area contributed by atoms with Crippen LogP contribution in [0.1, 0.15) is 70.9 Å². The van der Waals surface area contributed by atoms with Gasteiger partial charge in [-0.3, -0.25) is 0 Å². The fourth-order valence-electron chi connectivity index (χ4n) is 7.66. The highest BCUT2D eigenvalue weighted by Gasteiger charge is 2.25. The van der Waals surface area contributed by atoms with Crippen LogP contribution in [0, 0.1) is 0 Å². The van der Waals surface area contributed by atoms with Crippen LogP contribution in [-0.2, 0) is 32.5 Å². The van der Waals surface area contributed by atoms with Gasteiger partial charge in [-0.15, -0.1) is 0 Å². The van der Waals surface area contributed by atoms with E-state index in [1.165, 1.54) is 18.8 Å². The maximum Gasteiger partial charge on any atom is 0.315 e. The number of nitrogens with one attached hydrogen (secondary N) is 6. The zero-order valence-electron chi connectivity index (χ0n) is 41.6. The number of anilines is 8. The number of nitrogens with two attached hydrogens (primary N) is 1. The van der Waals surface area contributed by atoms with Crippen molar-refractivity contribution in [1.82, 2.24) is 30.6 Å². The summed E-state index contributed by atoms with van der Waals surface area (Å²) in [6.07, 6.45) is 9.84. The number of sulfone groups is 2. The second kappa shape index (κ2) is 26.0. The van der Waals surface area contributed by atoms with E-state index < -0.39 is 30.2 Å². The minimum atomic E-state index is -3.55. The van der Waals surface area contributed by atoms with E-state index in [4.69, 9.17) is 38.4 Å². The van der Waals surface area contributed by atoms with E-state index >= 15 is 0 Å². The Morgan fingerprint density at radius 1 is 0.644 bits per heavy atom. The number of ether oxygens (including phenoxy) is 2. The van der Waals surface area contributed by atoms with Gasteiger partial charge in [-0.25, -0.2) is 31.6 Å². The van der Waals surface area contributed by atoms with Gasteiger partial charge in [0.1, 0.15) is 21.5 Å². The molecule has 8 N–H and O–H groups in total. The average molecular weight is 1080 g/mol. The molecule has 2 amide bonds. The van der Waals surface area contributed by atoms with Crippen molar-refractivity contribution in [2.75, 3.05) is 48.6 Å². The highest BCUT2D eigenvalue weighted by Crippen LogP contribution is 2.35. The van der Waals surface area contributed by atoms with Crippen LogP contribution in [0.2, 0.25) is 10.0 Å². The molecule has 4 aromatic carbocycles. The lowest BCUT2D eigenvalue weighted by Gasteiger charge is -2.22. The molecule has 390 valence electrons.